The first-order valence-electron chi connectivity index (χ1n) is 7.07. The zero-order chi connectivity index (χ0) is 15.8. The second-order valence-electron chi connectivity index (χ2n) is 5.14. The molecule has 6 nitrogen and oxygen atoms in total. The van der Waals surface area contributed by atoms with E-state index in [1.165, 1.54) is 0 Å². The summed E-state index contributed by atoms with van der Waals surface area (Å²) in [6.45, 7) is 1.87. The molecule has 0 saturated heterocycles. The van der Waals surface area contributed by atoms with Gasteiger partial charge in [0.15, 0.2) is 0 Å². The van der Waals surface area contributed by atoms with E-state index in [1.807, 2.05) is 19.1 Å². The van der Waals surface area contributed by atoms with E-state index in [2.05, 4.69) is 15.0 Å². The predicted octanol–water partition coefficient (Wildman–Crippen LogP) is 2.74. The first kappa shape index (κ1) is 13.4. The molecule has 0 spiro atoms. The van der Waals surface area contributed by atoms with Gasteiger partial charge in [-0.25, -0.2) is 14.8 Å². The molecule has 23 heavy (non-hydrogen) atoms. The van der Waals surface area contributed by atoms with Crippen molar-refractivity contribution in [3.05, 3.63) is 71.4 Å². The lowest BCUT2D eigenvalue weighted by atomic mass is 10.1. The summed E-state index contributed by atoms with van der Waals surface area (Å²) in [6, 6.07) is 7.31. The van der Waals surface area contributed by atoms with E-state index in [-0.39, 0.29) is 5.89 Å². The fourth-order valence-electron chi connectivity index (χ4n) is 2.57. The number of nitrogens with zero attached hydrogens (tertiary/aromatic N) is 4. The molecule has 4 rings (SSSR count). The van der Waals surface area contributed by atoms with E-state index in [0.29, 0.717) is 16.5 Å². The molecule has 0 N–H and O–H groups in total. The van der Waals surface area contributed by atoms with Crippen LogP contribution in [0.1, 0.15) is 5.56 Å². The summed E-state index contributed by atoms with van der Waals surface area (Å²) in [5.41, 5.74) is 2.49. The summed E-state index contributed by atoms with van der Waals surface area (Å²) in [7, 11) is 0. The van der Waals surface area contributed by atoms with Gasteiger partial charge in [0, 0.05) is 18.6 Å². The zero-order valence-electron chi connectivity index (χ0n) is 12.3. The molecule has 0 radical (unpaired) electrons. The molecule has 0 fully saturated rings. The summed E-state index contributed by atoms with van der Waals surface area (Å²) in [5.74, 6) is 0.263. The predicted molar refractivity (Wildman–Crippen MR) is 85.4 cm³/mol. The minimum Gasteiger partial charge on any atom is -0.403 e. The molecule has 3 aromatic heterocycles. The van der Waals surface area contributed by atoms with Crippen LogP contribution in [0.2, 0.25) is 0 Å². The van der Waals surface area contributed by atoms with Crippen molar-refractivity contribution in [3.8, 4) is 17.1 Å². The molecule has 0 saturated carbocycles. The van der Waals surface area contributed by atoms with Gasteiger partial charge in [-0.3, -0.25) is 4.98 Å². The van der Waals surface area contributed by atoms with E-state index in [1.54, 1.807) is 47.8 Å². The number of rotatable bonds is 2. The number of aromatic nitrogens is 4. The van der Waals surface area contributed by atoms with Crippen molar-refractivity contribution in [1.82, 2.24) is 19.5 Å². The van der Waals surface area contributed by atoms with E-state index < -0.39 is 5.63 Å². The minimum absolute atomic E-state index is 0.263. The molecule has 1 aromatic carbocycles. The SMILES string of the molecule is Cc1cccc2nc(-c3ccncc3-n3ccnc3)oc(=O)c12. The monoisotopic (exact) mass is 304 g/mol. The Kier molecular flexibility index (Phi) is 3.01. The lowest BCUT2D eigenvalue weighted by Gasteiger charge is -2.08. The second-order valence-corrected chi connectivity index (χ2v) is 5.14. The van der Waals surface area contributed by atoms with Crippen LogP contribution in [0.25, 0.3) is 28.0 Å². The van der Waals surface area contributed by atoms with Crippen LogP contribution >= 0.6 is 0 Å². The number of aryl methyl sites for hydroxylation is 1. The lowest BCUT2D eigenvalue weighted by molar-refractivity contribution is 0.517. The van der Waals surface area contributed by atoms with Gasteiger partial charge in [-0.2, -0.15) is 0 Å². The number of imidazole rings is 1. The minimum atomic E-state index is -0.392. The Balaban J connectivity index is 2.00. The van der Waals surface area contributed by atoms with Crippen LogP contribution < -0.4 is 5.63 Å². The molecular formula is C17H12N4O2. The van der Waals surface area contributed by atoms with Crippen molar-refractivity contribution in [2.24, 2.45) is 0 Å². The standard InChI is InChI=1S/C17H12N4O2/c1-11-3-2-4-13-15(11)17(22)23-16(20-13)12-5-6-18-9-14(12)21-8-7-19-10-21/h2-10H,1H3. The Bertz CT molecular complexity index is 1050. The smallest absolute Gasteiger partial charge is 0.347 e. The Hall–Kier alpha value is -3.28. The number of hydrogen-bond acceptors (Lipinski definition) is 5. The highest BCUT2D eigenvalue weighted by molar-refractivity contribution is 5.82. The highest BCUT2D eigenvalue weighted by Crippen LogP contribution is 2.25. The normalized spacial score (nSPS) is 11.0. The molecule has 0 aliphatic heterocycles. The fraction of sp³-hybridized carbons (Fsp3) is 0.0588. The van der Waals surface area contributed by atoms with Crippen LogP contribution in [0.15, 0.2) is 64.6 Å². The Morgan fingerprint density at radius 2 is 2.04 bits per heavy atom. The topological polar surface area (TPSA) is 73.8 Å². The molecule has 6 heteroatoms. The van der Waals surface area contributed by atoms with Gasteiger partial charge in [-0.1, -0.05) is 12.1 Å². The number of fused-ring (bicyclic) bond motifs is 1. The molecule has 112 valence electrons. The Morgan fingerprint density at radius 1 is 1.13 bits per heavy atom. The third-order valence-electron chi connectivity index (χ3n) is 3.68. The van der Waals surface area contributed by atoms with Gasteiger partial charge in [-0.05, 0) is 24.6 Å². The lowest BCUT2D eigenvalue weighted by Crippen LogP contribution is -2.06. The van der Waals surface area contributed by atoms with Crippen LogP contribution in [0.3, 0.4) is 0 Å². The van der Waals surface area contributed by atoms with Gasteiger partial charge in [0.05, 0.1) is 34.7 Å². The molecule has 0 unspecified atom stereocenters. The van der Waals surface area contributed by atoms with Crippen molar-refractivity contribution >= 4 is 10.9 Å². The Morgan fingerprint density at radius 3 is 2.87 bits per heavy atom. The summed E-state index contributed by atoms with van der Waals surface area (Å²) in [5, 5.41) is 0.509. The zero-order valence-corrected chi connectivity index (χ0v) is 12.3. The summed E-state index contributed by atoms with van der Waals surface area (Å²) < 4.78 is 7.26. The first-order valence-corrected chi connectivity index (χ1v) is 7.07. The molecule has 4 aromatic rings. The number of pyridine rings is 1. The Labute approximate surface area is 131 Å². The maximum absolute atomic E-state index is 12.4. The third-order valence-corrected chi connectivity index (χ3v) is 3.68. The summed E-state index contributed by atoms with van der Waals surface area (Å²) in [4.78, 5) is 25.0. The van der Waals surface area contributed by atoms with Gasteiger partial charge >= 0.3 is 5.63 Å². The fourth-order valence-corrected chi connectivity index (χ4v) is 2.57. The first-order chi connectivity index (χ1) is 11.2. The number of benzene rings is 1. The molecule has 3 heterocycles. The average molecular weight is 304 g/mol. The van der Waals surface area contributed by atoms with Crippen LogP contribution in [0.4, 0.5) is 0 Å². The van der Waals surface area contributed by atoms with Gasteiger partial charge in [0.25, 0.3) is 0 Å². The highest BCUT2D eigenvalue weighted by Gasteiger charge is 2.14. The highest BCUT2D eigenvalue weighted by atomic mass is 16.4. The van der Waals surface area contributed by atoms with Gasteiger partial charge < -0.3 is 8.98 Å². The van der Waals surface area contributed by atoms with Crippen LogP contribution in [-0.2, 0) is 0 Å². The molecule has 0 bridgehead atoms. The average Bonchev–Trinajstić information content (AvgIpc) is 3.09. The summed E-state index contributed by atoms with van der Waals surface area (Å²) in [6.07, 6.45) is 8.44. The summed E-state index contributed by atoms with van der Waals surface area (Å²) >= 11 is 0. The van der Waals surface area contributed by atoms with Crippen molar-refractivity contribution in [3.63, 3.8) is 0 Å². The maximum atomic E-state index is 12.4. The van der Waals surface area contributed by atoms with Crippen molar-refractivity contribution in [2.75, 3.05) is 0 Å². The molecular weight excluding hydrogens is 292 g/mol. The van der Waals surface area contributed by atoms with E-state index in [4.69, 9.17) is 4.42 Å². The van der Waals surface area contributed by atoms with Crippen LogP contribution in [-0.4, -0.2) is 19.5 Å². The van der Waals surface area contributed by atoms with Crippen molar-refractivity contribution < 1.29 is 4.42 Å². The quantitative estimate of drug-likeness (QED) is 0.569. The third kappa shape index (κ3) is 2.20. The molecule has 0 amide bonds. The van der Waals surface area contributed by atoms with E-state index in [0.717, 1.165) is 11.3 Å². The van der Waals surface area contributed by atoms with E-state index in [9.17, 15) is 4.79 Å². The van der Waals surface area contributed by atoms with E-state index >= 15 is 0 Å². The van der Waals surface area contributed by atoms with Crippen molar-refractivity contribution in [2.45, 2.75) is 6.92 Å². The number of hydrogen-bond donors (Lipinski definition) is 0. The molecule has 0 aliphatic rings. The van der Waals surface area contributed by atoms with Crippen molar-refractivity contribution in [1.29, 1.82) is 0 Å². The largest absolute Gasteiger partial charge is 0.403 e. The van der Waals surface area contributed by atoms with Gasteiger partial charge in [0.1, 0.15) is 0 Å². The second kappa shape index (κ2) is 5.17. The van der Waals surface area contributed by atoms with Crippen LogP contribution in [0, 0.1) is 6.92 Å². The van der Waals surface area contributed by atoms with Gasteiger partial charge in [0.2, 0.25) is 5.89 Å². The van der Waals surface area contributed by atoms with Crippen LogP contribution in [0.5, 0.6) is 0 Å². The molecule has 0 atom stereocenters. The molecule has 0 aliphatic carbocycles. The van der Waals surface area contributed by atoms with Gasteiger partial charge in [-0.15, -0.1) is 0 Å². The maximum Gasteiger partial charge on any atom is 0.347 e.